The molecule has 0 heterocycles. The third kappa shape index (κ3) is 8.49. The molecule has 94 valence electrons. The summed E-state index contributed by atoms with van der Waals surface area (Å²) in [5.41, 5.74) is 0. The number of quaternary nitrogens is 1. The van der Waals surface area contributed by atoms with Gasteiger partial charge in [0.2, 0.25) is 0 Å². The van der Waals surface area contributed by atoms with E-state index in [1.54, 1.807) is 0 Å². The quantitative estimate of drug-likeness (QED) is 0.367. The first-order valence-electron chi connectivity index (χ1n) is 6.20. The molecule has 0 N–H and O–H groups in total. The van der Waals surface area contributed by atoms with E-state index in [0.717, 1.165) is 16.4 Å². The Morgan fingerprint density at radius 1 is 0.933 bits per heavy atom. The van der Waals surface area contributed by atoms with Crippen LogP contribution in [0.4, 0.5) is 0 Å². The van der Waals surface area contributed by atoms with Crippen LogP contribution in [0.25, 0.3) is 0 Å². The molecule has 0 spiro atoms. The zero-order valence-electron chi connectivity index (χ0n) is 11.5. The van der Waals surface area contributed by atoms with E-state index in [1.165, 1.54) is 32.1 Å². The minimum absolute atomic E-state index is 0. The fourth-order valence-corrected chi connectivity index (χ4v) is 2.40. The maximum Gasteiger partial charge on any atom is 0.0907 e. The predicted molar refractivity (Wildman–Crippen MR) is 65.4 cm³/mol. The minimum Gasteiger partial charge on any atom is -1.00 e. The van der Waals surface area contributed by atoms with Gasteiger partial charge in [0.25, 0.3) is 0 Å². The molecular weight excluding hydrogens is 297 g/mol. The summed E-state index contributed by atoms with van der Waals surface area (Å²) in [5.74, 6) is 0.802. The molecule has 0 bridgehead atoms. The molecule has 0 aromatic carbocycles. The predicted octanol–water partition coefficient (Wildman–Crippen LogP) is 0.692. The van der Waals surface area contributed by atoms with Crippen LogP contribution in [0, 0.1) is 5.92 Å². The molecular formula is C13H30IN. The Bertz CT molecular complexity index is 138. The van der Waals surface area contributed by atoms with Gasteiger partial charge >= 0.3 is 0 Å². The summed E-state index contributed by atoms with van der Waals surface area (Å²) >= 11 is 0. The topological polar surface area (TPSA) is 0 Å². The molecule has 0 radical (unpaired) electrons. The first kappa shape index (κ1) is 18.1. The Kier molecular flexibility index (Phi) is 10.6. The standard InChI is InChI=1S/C13H30N.HI/c1-7-8-9-10-11-13(12(2)3)14(4,5)6;/h12-13H,7-11H2,1-6H3;1H/q+1;/p-1. The second kappa shape index (κ2) is 8.80. The molecule has 0 saturated heterocycles. The van der Waals surface area contributed by atoms with Crippen LogP contribution in [-0.2, 0) is 0 Å². The zero-order chi connectivity index (χ0) is 11.2. The second-order valence-corrected chi connectivity index (χ2v) is 5.78. The first-order valence-corrected chi connectivity index (χ1v) is 6.20. The Hall–Kier alpha value is 0.690. The number of hydrogen-bond acceptors (Lipinski definition) is 0. The summed E-state index contributed by atoms with van der Waals surface area (Å²) in [6.45, 7) is 6.99. The van der Waals surface area contributed by atoms with Gasteiger partial charge in [-0.3, -0.25) is 0 Å². The summed E-state index contributed by atoms with van der Waals surface area (Å²) < 4.78 is 1.11. The second-order valence-electron chi connectivity index (χ2n) is 5.78. The van der Waals surface area contributed by atoms with Crippen LogP contribution in [0.1, 0.15) is 52.9 Å². The molecule has 0 aliphatic heterocycles. The molecule has 0 aromatic rings. The van der Waals surface area contributed by atoms with E-state index in [-0.39, 0.29) is 24.0 Å². The van der Waals surface area contributed by atoms with Gasteiger partial charge in [0.1, 0.15) is 0 Å². The molecule has 0 fully saturated rings. The number of unbranched alkanes of at least 4 members (excludes halogenated alkanes) is 3. The van der Waals surface area contributed by atoms with Crippen molar-refractivity contribution in [3.8, 4) is 0 Å². The highest BCUT2D eigenvalue weighted by Gasteiger charge is 2.26. The van der Waals surface area contributed by atoms with Crippen LogP contribution >= 0.6 is 0 Å². The maximum atomic E-state index is 2.36. The van der Waals surface area contributed by atoms with Gasteiger partial charge in [-0.2, -0.15) is 0 Å². The average Bonchev–Trinajstić information content (AvgIpc) is 2.01. The van der Waals surface area contributed by atoms with Gasteiger partial charge in [-0.05, 0) is 12.8 Å². The van der Waals surface area contributed by atoms with E-state index in [4.69, 9.17) is 0 Å². The highest BCUT2D eigenvalue weighted by molar-refractivity contribution is 4.62. The summed E-state index contributed by atoms with van der Waals surface area (Å²) in [5, 5.41) is 0. The van der Waals surface area contributed by atoms with E-state index in [9.17, 15) is 0 Å². The van der Waals surface area contributed by atoms with Crippen LogP contribution in [0.2, 0.25) is 0 Å². The van der Waals surface area contributed by atoms with Gasteiger partial charge in [0, 0.05) is 5.92 Å². The Morgan fingerprint density at radius 3 is 1.80 bits per heavy atom. The zero-order valence-corrected chi connectivity index (χ0v) is 13.7. The summed E-state index contributed by atoms with van der Waals surface area (Å²) in [6, 6.07) is 0.826. The van der Waals surface area contributed by atoms with Crippen molar-refractivity contribution in [2.45, 2.75) is 58.9 Å². The van der Waals surface area contributed by atoms with Gasteiger partial charge in [-0.25, -0.2) is 0 Å². The van der Waals surface area contributed by atoms with Gasteiger partial charge in [-0.15, -0.1) is 0 Å². The molecule has 0 aliphatic carbocycles. The molecule has 0 amide bonds. The molecule has 1 unspecified atom stereocenters. The average molecular weight is 327 g/mol. The molecule has 1 nitrogen and oxygen atoms in total. The Balaban J connectivity index is 0. The van der Waals surface area contributed by atoms with E-state index in [2.05, 4.69) is 41.9 Å². The van der Waals surface area contributed by atoms with Crippen molar-refractivity contribution in [1.82, 2.24) is 0 Å². The van der Waals surface area contributed by atoms with E-state index >= 15 is 0 Å². The monoisotopic (exact) mass is 327 g/mol. The molecule has 1 atom stereocenters. The fourth-order valence-electron chi connectivity index (χ4n) is 2.40. The van der Waals surface area contributed by atoms with Crippen molar-refractivity contribution in [3.63, 3.8) is 0 Å². The lowest BCUT2D eigenvalue weighted by atomic mass is 9.95. The van der Waals surface area contributed by atoms with E-state index in [0.29, 0.717) is 0 Å². The van der Waals surface area contributed by atoms with Crippen molar-refractivity contribution >= 4 is 0 Å². The van der Waals surface area contributed by atoms with Crippen LogP contribution in [-0.4, -0.2) is 31.7 Å². The largest absolute Gasteiger partial charge is 1.00 e. The highest BCUT2D eigenvalue weighted by Crippen LogP contribution is 2.20. The van der Waals surface area contributed by atoms with Crippen LogP contribution in [0.3, 0.4) is 0 Å². The van der Waals surface area contributed by atoms with Crippen LogP contribution < -0.4 is 24.0 Å². The smallest absolute Gasteiger partial charge is 0.0907 e. The SMILES string of the molecule is CCCCCCC(C(C)C)[N+](C)(C)C.[I-]. The maximum absolute atomic E-state index is 2.36. The van der Waals surface area contributed by atoms with Gasteiger partial charge in [0.15, 0.2) is 0 Å². The Labute approximate surface area is 114 Å². The number of hydrogen-bond donors (Lipinski definition) is 0. The van der Waals surface area contributed by atoms with E-state index in [1.807, 2.05) is 0 Å². The first-order chi connectivity index (χ1) is 6.39. The lowest BCUT2D eigenvalue weighted by Gasteiger charge is -2.37. The molecule has 2 heteroatoms. The van der Waals surface area contributed by atoms with Crippen molar-refractivity contribution in [3.05, 3.63) is 0 Å². The van der Waals surface area contributed by atoms with Crippen molar-refractivity contribution in [1.29, 1.82) is 0 Å². The lowest BCUT2D eigenvalue weighted by molar-refractivity contribution is -0.900. The van der Waals surface area contributed by atoms with Crippen LogP contribution in [0.5, 0.6) is 0 Å². The number of halogens is 1. The summed E-state index contributed by atoms with van der Waals surface area (Å²) in [6.07, 6.45) is 6.96. The van der Waals surface area contributed by atoms with Crippen LogP contribution in [0.15, 0.2) is 0 Å². The van der Waals surface area contributed by atoms with Gasteiger partial charge in [0.05, 0.1) is 27.2 Å². The lowest BCUT2D eigenvalue weighted by Crippen LogP contribution is -3.00. The normalized spacial score (nSPS) is 13.8. The van der Waals surface area contributed by atoms with Gasteiger partial charge < -0.3 is 28.5 Å². The fraction of sp³-hybridized carbons (Fsp3) is 1.00. The summed E-state index contributed by atoms with van der Waals surface area (Å²) in [7, 11) is 6.97. The third-order valence-corrected chi connectivity index (χ3v) is 3.12. The third-order valence-electron chi connectivity index (χ3n) is 3.12. The number of nitrogens with zero attached hydrogens (tertiary/aromatic N) is 1. The Morgan fingerprint density at radius 2 is 1.47 bits per heavy atom. The minimum atomic E-state index is 0. The number of rotatable bonds is 7. The molecule has 15 heavy (non-hydrogen) atoms. The van der Waals surface area contributed by atoms with Crippen molar-refractivity contribution < 1.29 is 28.5 Å². The van der Waals surface area contributed by atoms with Crippen molar-refractivity contribution in [2.75, 3.05) is 21.1 Å². The molecule has 0 rings (SSSR count). The van der Waals surface area contributed by atoms with Gasteiger partial charge in [-0.1, -0.05) is 40.0 Å². The molecule has 0 aromatic heterocycles. The highest BCUT2D eigenvalue weighted by atomic mass is 127. The van der Waals surface area contributed by atoms with Crippen molar-refractivity contribution in [2.24, 2.45) is 5.92 Å². The molecule has 0 aliphatic rings. The molecule has 0 saturated carbocycles. The van der Waals surface area contributed by atoms with E-state index < -0.39 is 0 Å². The summed E-state index contributed by atoms with van der Waals surface area (Å²) in [4.78, 5) is 0.